The summed E-state index contributed by atoms with van der Waals surface area (Å²) in [6.07, 6.45) is 0. The Kier molecular flexibility index (Phi) is 4.85. The van der Waals surface area contributed by atoms with E-state index >= 15 is 0 Å². The summed E-state index contributed by atoms with van der Waals surface area (Å²) in [4.78, 5) is 0. The SMILES string of the molecule is CCOCC[NH3+]. The summed E-state index contributed by atoms with van der Waals surface area (Å²) in [6.45, 7) is 4.48. The largest absolute Gasteiger partial charge is 0.376 e. The van der Waals surface area contributed by atoms with E-state index in [2.05, 4.69) is 5.73 Å². The highest BCUT2D eigenvalue weighted by Crippen LogP contribution is 1.63. The highest BCUT2D eigenvalue weighted by Gasteiger charge is 1.75. The molecule has 0 aliphatic heterocycles. The topological polar surface area (TPSA) is 36.9 Å². The first-order valence-corrected chi connectivity index (χ1v) is 2.28. The number of rotatable bonds is 3. The zero-order valence-corrected chi connectivity index (χ0v) is 4.24. The number of ether oxygens (including phenoxy) is 1. The van der Waals surface area contributed by atoms with Gasteiger partial charge in [0.1, 0.15) is 0 Å². The molecule has 0 unspecified atom stereocenters. The second-order valence-corrected chi connectivity index (χ2v) is 1.05. The van der Waals surface area contributed by atoms with Crippen LogP contribution in [-0.2, 0) is 4.74 Å². The van der Waals surface area contributed by atoms with Crippen molar-refractivity contribution in [3.8, 4) is 0 Å². The summed E-state index contributed by atoms with van der Waals surface area (Å²) in [5.74, 6) is 0. The fourth-order valence-corrected chi connectivity index (χ4v) is 0.246. The molecule has 3 N–H and O–H groups in total. The van der Waals surface area contributed by atoms with Crippen LogP contribution in [-0.4, -0.2) is 19.8 Å². The van der Waals surface area contributed by atoms with Crippen molar-refractivity contribution >= 4 is 0 Å². The lowest BCUT2D eigenvalue weighted by molar-refractivity contribution is -0.374. The summed E-state index contributed by atoms with van der Waals surface area (Å²) < 4.78 is 4.92. The average molecular weight is 90.1 g/mol. The van der Waals surface area contributed by atoms with Crippen LogP contribution in [0.4, 0.5) is 0 Å². The minimum atomic E-state index is 0.802. The lowest BCUT2D eigenvalue weighted by atomic mass is 10.7. The van der Waals surface area contributed by atoms with Crippen molar-refractivity contribution < 1.29 is 10.5 Å². The molecule has 0 radical (unpaired) electrons. The van der Waals surface area contributed by atoms with E-state index in [4.69, 9.17) is 4.74 Å². The molecule has 0 saturated carbocycles. The molecule has 0 aromatic heterocycles. The molecule has 0 aliphatic rings. The van der Waals surface area contributed by atoms with Crippen molar-refractivity contribution in [3.05, 3.63) is 0 Å². The van der Waals surface area contributed by atoms with E-state index < -0.39 is 0 Å². The van der Waals surface area contributed by atoms with Gasteiger partial charge in [-0.1, -0.05) is 0 Å². The van der Waals surface area contributed by atoms with Gasteiger partial charge in [-0.25, -0.2) is 0 Å². The van der Waals surface area contributed by atoms with E-state index in [0.717, 1.165) is 19.8 Å². The van der Waals surface area contributed by atoms with Gasteiger partial charge in [0.25, 0.3) is 0 Å². The van der Waals surface area contributed by atoms with E-state index in [-0.39, 0.29) is 0 Å². The van der Waals surface area contributed by atoms with Crippen LogP contribution in [0.2, 0.25) is 0 Å². The van der Waals surface area contributed by atoms with Gasteiger partial charge in [0, 0.05) is 6.61 Å². The average Bonchev–Trinajstić information content (AvgIpc) is 1.61. The third-order valence-corrected chi connectivity index (χ3v) is 0.493. The van der Waals surface area contributed by atoms with Crippen molar-refractivity contribution in [2.75, 3.05) is 19.8 Å². The van der Waals surface area contributed by atoms with Crippen molar-refractivity contribution in [2.45, 2.75) is 6.92 Å². The monoisotopic (exact) mass is 90.1 g/mol. The lowest BCUT2D eigenvalue weighted by Crippen LogP contribution is -2.52. The summed E-state index contributed by atoms with van der Waals surface area (Å²) in [6, 6.07) is 0. The van der Waals surface area contributed by atoms with Gasteiger partial charge in [-0.3, -0.25) is 0 Å². The highest BCUT2D eigenvalue weighted by molar-refractivity contribution is 4.16. The zero-order chi connectivity index (χ0) is 4.83. The van der Waals surface area contributed by atoms with Gasteiger partial charge in [-0.2, -0.15) is 0 Å². The normalized spacial score (nSPS) is 9.00. The third kappa shape index (κ3) is 3.92. The molecule has 0 rings (SSSR count). The molecular weight excluding hydrogens is 78.0 g/mol. The molecule has 38 valence electrons. The number of hydrogen-bond donors (Lipinski definition) is 1. The van der Waals surface area contributed by atoms with E-state index in [1.165, 1.54) is 0 Å². The van der Waals surface area contributed by atoms with Crippen molar-refractivity contribution in [1.82, 2.24) is 0 Å². The molecule has 0 amide bonds. The molecule has 0 saturated heterocycles. The third-order valence-electron chi connectivity index (χ3n) is 0.493. The maximum Gasteiger partial charge on any atom is 0.0977 e. The van der Waals surface area contributed by atoms with Crippen LogP contribution >= 0.6 is 0 Å². The van der Waals surface area contributed by atoms with Crippen LogP contribution in [0.3, 0.4) is 0 Å². The Balaban J connectivity index is 2.34. The maximum atomic E-state index is 4.92. The van der Waals surface area contributed by atoms with E-state index in [1.807, 2.05) is 6.92 Å². The summed E-state index contributed by atoms with van der Waals surface area (Å²) >= 11 is 0. The first-order chi connectivity index (χ1) is 2.91. The minimum Gasteiger partial charge on any atom is -0.376 e. The smallest absolute Gasteiger partial charge is 0.0977 e. The molecule has 0 spiro atoms. The van der Waals surface area contributed by atoms with Crippen LogP contribution in [0.25, 0.3) is 0 Å². The van der Waals surface area contributed by atoms with Crippen LogP contribution in [0.1, 0.15) is 6.92 Å². The Morgan fingerprint density at radius 3 is 2.50 bits per heavy atom. The molecule has 0 fully saturated rings. The molecule has 0 heterocycles. The van der Waals surface area contributed by atoms with Crippen LogP contribution in [0, 0.1) is 0 Å². The van der Waals surface area contributed by atoms with Gasteiger partial charge >= 0.3 is 0 Å². The fourth-order valence-electron chi connectivity index (χ4n) is 0.246. The second kappa shape index (κ2) is 4.92. The van der Waals surface area contributed by atoms with Gasteiger partial charge in [-0.05, 0) is 6.92 Å². The molecule has 0 atom stereocenters. The molecule has 6 heavy (non-hydrogen) atoms. The van der Waals surface area contributed by atoms with Crippen molar-refractivity contribution in [3.63, 3.8) is 0 Å². The van der Waals surface area contributed by atoms with Crippen LogP contribution in [0.15, 0.2) is 0 Å². The van der Waals surface area contributed by atoms with E-state index in [0.29, 0.717) is 0 Å². The molecule has 0 aliphatic carbocycles. The molecule has 2 nitrogen and oxygen atoms in total. The maximum absolute atomic E-state index is 4.92. The molecule has 0 aromatic rings. The van der Waals surface area contributed by atoms with Gasteiger partial charge < -0.3 is 10.5 Å². The fraction of sp³-hybridized carbons (Fsp3) is 1.00. The Labute approximate surface area is 38.3 Å². The minimum absolute atomic E-state index is 0.802. The van der Waals surface area contributed by atoms with Crippen LogP contribution in [0.5, 0.6) is 0 Å². The van der Waals surface area contributed by atoms with Crippen LogP contribution < -0.4 is 5.73 Å². The van der Waals surface area contributed by atoms with Gasteiger partial charge in [0.15, 0.2) is 0 Å². The molecule has 0 aromatic carbocycles. The number of quaternary nitrogens is 1. The van der Waals surface area contributed by atoms with Crippen molar-refractivity contribution in [1.29, 1.82) is 0 Å². The molecular formula is C4H12NO+. The summed E-state index contributed by atoms with van der Waals surface area (Å²) in [5, 5.41) is 0. The number of hydrogen-bond acceptors (Lipinski definition) is 1. The predicted molar refractivity (Wildman–Crippen MR) is 24.2 cm³/mol. The van der Waals surface area contributed by atoms with Gasteiger partial charge in [0.05, 0.1) is 13.2 Å². The van der Waals surface area contributed by atoms with E-state index in [9.17, 15) is 0 Å². The highest BCUT2D eigenvalue weighted by atomic mass is 16.5. The zero-order valence-electron chi connectivity index (χ0n) is 4.24. The van der Waals surface area contributed by atoms with E-state index in [1.54, 1.807) is 0 Å². The molecule has 2 heteroatoms. The summed E-state index contributed by atoms with van der Waals surface area (Å²) in [5.41, 5.74) is 3.60. The standard InChI is InChI=1S/C4H11NO/c1-2-6-4-3-5/h2-5H2,1H3/p+1. The van der Waals surface area contributed by atoms with Gasteiger partial charge in [0.2, 0.25) is 0 Å². The Morgan fingerprint density at radius 1 is 1.67 bits per heavy atom. The Bertz CT molecular complexity index is 19.5. The summed E-state index contributed by atoms with van der Waals surface area (Å²) in [7, 11) is 0. The Hall–Kier alpha value is -0.0800. The first kappa shape index (κ1) is 5.92. The predicted octanol–water partition coefficient (Wildman–Crippen LogP) is -0.735. The quantitative estimate of drug-likeness (QED) is 0.455. The van der Waals surface area contributed by atoms with Crippen molar-refractivity contribution in [2.24, 2.45) is 0 Å². The van der Waals surface area contributed by atoms with Gasteiger partial charge in [-0.15, -0.1) is 0 Å². The molecule has 0 bridgehead atoms. The second-order valence-electron chi connectivity index (χ2n) is 1.05. The lowest BCUT2D eigenvalue weighted by Gasteiger charge is -1.89. The first-order valence-electron chi connectivity index (χ1n) is 2.28. The Morgan fingerprint density at radius 2 is 2.33 bits per heavy atom.